The zero-order valence-corrected chi connectivity index (χ0v) is 17.9. The molecular weight excluding hydrogens is 412 g/mol. The molecular formula is C19H24N4O4S2. The average Bonchev–Trinajstić information content (AvgIpc) is 3.14. The molecule has 0 bridgehead atoms. The van der Waals surface area contributed by atoms with Gasteiger partial charge in [-0.05, 0) is 55.9 Å². The van der Waals surface area contributed by atoms with Gasteiger partial charge in [0.2, 0.25) is 0 Å². The number of nitrogens with zero attached hydrogens (tertiary/aromatic N) is 2. The quantitative estimate of drug-likeness (QED) is 0.693. The molecule has 2 N–H and O–H groups in total. The number of rotatable bonds is 5. The fraction of sp³-hybridized carbons (Fsp3) is 0.474. The van der Waals surface area contributed by atoms with Gasteiger partial charge >= 0.3 is 0 Å². The van der Waals surface area contributed by atoms with Gasteiger partial charge in [0, 0.05) is 13.1 Å². The van der Waals surface area contributed by atoms with Crippen LogP contribution in [0.4, 0.5) is 5.13 Å². The molecule has 1 aromatic heterocycles. The van der Waals surface area contributed by atoms with Crippen LogP contribution in [0.2, 0.25) is 0 Å². The molecule has 4 rings (SSSR count). The largest absolute Gasteiger partial charge is 0.378 e. The minimum absolute atomic E-state index is 0.161. The van der Waals surface area contributed by atoms with Gasteiger partial charge in [-0.1, -0.05) is 17.4 Å². The number of thiazole rings is 1. The summed E-state index contributed by atoms with van der Waals surface area (Å²) < 4.78 is 30.6. The van der Waals surface area contributed by atoms with E-state index in [2.05, 4.69) is 20.1 Å². The topological polar surface area (TPSA) is 101 Å². The van der Waals surface area contributed by atoms with Crippen molar-refractivity contribution in [2.24, 2.45) is 0 Å². The molecule has 0 saturated carbocycles. The highest BCUT2D eigenvalue weighted by molar-refractivity contribution is 7.89. The van der Waals surface area contributed by atoms with E-state index in [1.54, 1.807) is 19.1 Å². The van der Waals surface area contributed by atoms with Crippen LogP contribution in [-0.2, 0) is 27.6 Å². The zero-order valence-electron chi connectivity index (χ0n) is 16.2. The summed E-state index contributed by atoms with van der Waals surface area (Å²) in [7, 11) is -3.85. The highest BCUT2D eigenvalue weighted by Gasteiger charge is 2.23. The SMILES string of the molecule is Cc1nc(N2CCOCC2)sc1C(=O)NNS(=O)(=O)c1ccc2c(c1)CCCC2. The summed E-state index contributed by atoms with van der Waals surface area (Å²) in [5.74, 6) is -0.513. The lowest BCUT2D eigenvalue weighted by atomic mass is 9.92. The Morgan fingerprint density at radius 2 is 1.90 bits per heavy atom. The van der Waals surface area contributed by atoms with E-state index in [1.165, 1.54) is 16.9 Å². The minimum atomic E-state index is -3.85. The molecule has 1 fully saturated rings. The third kappa shape index (κ3) is 4.45. The molecule has 1 aromatic carbocycles. The number of carbonyl (C=O) groups excluding carboxylic acids is 1. The lowest BCUT2D eigenvalue weighted by Gasteiger charge is -2.25. The summed E-state index contributed by atoms with van der Waals surface area (Å²) in [4.78, 5) is 21.8. The molecule has 10 heteroatoms. The normalized spacial score (nSPS) is 17.1. The smallest absolute Gasteiger partial charge is 0.278 e. The lowest BCUT2D eigenvalue weighted by molar-refractivity contribution is 0.0948. The number of hydrogen-bond donors (Lipinski definition) is 2. The van der Waals surface area contributed by atoms with Crippen LogP contribution in [0.1, 0.15) is 39.3 Å². The van der Waals surface area contributed by atoms with Crippen molar-refractivity contribution in [3.05, 3.63) is 39.9 Å². The van der Waals surface area contributed by atoms with Crippen LogP contribution < -0.4 is 15.2 Å². The van der Waals surface area contributed by atoms with Gasteiger partial charge in [-0.25, -0.2) is 13.4 Å². The number of benzene rings is 1. The van der Waals surface area contributed by atoms with Crippen molar-refractivity contribution < 1.29 is 17.9 Å². The number of hydrogen-bond acceptors (Lipinski definition) is 7. The molecule has 8 nitrogen and oxygen atoms in total. The third-order valence-corrected chi connectivity index (χ3v) is 7.66. The van der Waals surface area contributed by atoms with E-state index in [4.69, 9.17) is 4.74 Å². The van der Waals surface area contributed by atoms with Gasteiger partial charge in [0.25, 0.3) is 15.9 Å². The summed E-state index contributed by atoms with van der Waals surface area (Å²) in [6.45, 7) is 4.44. The number of sulfonamides is 1. The number of ether oxygens (including phenoxy) is 1. The Bertz CT molecular complexity index is 1010. The molecule has 0 unspecified atom stereocenters. The predicted octanol–water partition coefficient (Wildman–Crippen LogP) is 1.79. The second-order valence-electron chi connectivity index (χ2n) is 7.21. The van der Waals surface area contributed by atoms with Gasteiger partial charge < -0.3 is 9.64 Å². The van der Waals surface area contributed by atoms with E-state index >= 15 is 0 Å². The number of carbonyl (C=O) groups is 1. The molecule has 1 saturated heterocycles. The molecule has 2 aromatic rings. The molecule has 2 aliphatic rings. The Morgan fingerprint density at radius 1 is 1.17 bits per heavy atom. The number of aryl methyl sites for hydroxylation is 3. The summed E-state index contributed by atoms with van der Waals surface area (Å²) in [6, 6.07) is 5.16. The molecule has 0 spiro atoms. The number of hydrazine groups is 1. The second kappa shape index (κ2) is 8.39. The van der Waals surface area contributed by atoms with E-state index in [0.29, 0.717) is 23.8 Å². The molecule has 1 aliphatic heterocycles. The monoisotopic (exact) mass is 436 g/mol. The van der Waals surface area contributed by atoms with Crippen LogP contribution in [0.5, 0.6) is 0 Å². The van der Waals surface area contributed by atoms with E-state index < -0.39 is 15.9 Å². The first-order valence-electron chi connectivity index (χ1n) is 9.68. The van der Waals surface area contributed by atoms with Crippen LogP contribution in [0.25, 0.3) is 0 Å². The van der Waals surface area contributed by atoms with E-state index in [9.17, 15) is 13.2 Å². The molecule has 1 amide bonds. The van der Waals surface area contributed by atoms with Gasteiger partial charge in [0.1, 0.15) is 4.88 Å². The first kappa shape index (κ1) is 20.3. The fourth-order valence-corrected chi connectivity index (χ4v) is 5.49. The first-order chi connectivity index (χ1) is 13.9. The van der Waals surface area contributed by atoms with Crippen LogP contribution in [-0.4, -0.2) is 45.6 Å². The fourth-order valence-electron chi connectivity index (χ4n) is 3.59. The van der Waals surface area contributed by atoms with Crippen LogP contribution >= 0.6 is 11.3 Å². The molecule has 156 valence electrons. The average molecular weight is 437 g/mol. The zero-order chi connectivity index (χ0) is 20.4. The van der Waals surface area contributed by atoms with Crippen molar-refractivity contribution in [1.29, 1.82) is 0 Å². The number of amides is 1. The number of morpholine rings is 1. The van der Waals surface area contributed by atoms with Crippen LogP contribution in [0.15, 0.2) is 23.1 Å². The Kier molecular flexibility index (Phi) is 5.86. The van der Waals surface area contributed by atoms with Gasteiger partial charge in [0.15, 0.2) is 5.13 Å². The van der Waals surface area contributed by atoms with Crippen molar-refractivity contribution in [2.75, 3.05) is 31.2 Å². The second-order valence-corrected chi connectivity index (χ2v) is 9.87. The standard InChI is InChI=1S/C19H24N4O4S2/c1-13-17(28-19(20-13)23-8-10-27-11-9-23)18(24)21-22-29(25,26)16-7-6-14-4-2-3-5-15(14)12-16/h6-7,12,22H,2-5,8-11H2,1H3,(H,21,24). The van der Waals surface area contributed by atoms with Crippen molar-refractivity contribution >= 4 is 32.4 Å². The molecule has 2 heterocycles. The van der Waals surface area contributed by atoms with Gasteiger partial charge in [0.05, 0.1) is 23.8 Å². The summed E-state index contributed by atoms with van der Waals surface area (Å²) in [6.07, 6.45) is 4.07. The number of aromatic nitrogens is 1. The maximum absolute atomic E-state index is 12.6. The summed E-state index contributed by atoms with van der Waals surface area (Å²) in [5.41, 5.74) is 5.17. The van der Waals surface area contributed by atoms with Crippen molar-refractivity contribution in [3.63, 3.8) is 0 Å². The minimum Gasteiger partial charge on any atom is -0.378 e. The maximum Gasteiger partial charge on any atom is 0.278 e. The molecule has 1 aliphatic carbocycles. The van der Waals surface area contributed by atoms with Gasteiger partial charge in [-0.15, -0.1) is 4.83 Å². The Balaban J connectivity index is 1.44. The third-order valence-electron chi connectivity index (χ3n) is 5.20. The van der Waals surface area contributed by atoms with E-state index in [1.807, 2.05) is 6.07 Å². The number of anilines is 1. The van der Waals surface area contributed by atoms with Crippen LogP contribution in [0, 0.1) is 6.92 Å². The summed E-state index contributed by atoms with van der Waals surface area (Å²) >= 11 is 1.25. The Hall–Kier alpha value is -2.01. The van der Waals surface area contributed by atoms with Gasteiger partial charge in [-0.2, -0.15) is 0 Å². The molecule has 0 atom stereocenters. The highest BCUT2D eigenvalue weighted by atomic mass is 32.2. The Morgan fingerprint density at radius 3 is 2.66 bits per heavy atom. The van der Waals surface area contributed by atoms with Gasteiger partial charge in [-0.3, -0.25) is 10.2 Å². The lowest BCUT2D eigenvalue weighted by Crippen LogP contribution is -2.41. The number of nitrogens with one attached hydrogen (secondary N) is 2. The summed E-state index contributed by atoms with van der Waals surface area (Å²) in [5, 5.41) is 0.744. The van der Waals surface area contributed by atoms with E-state index in [0.717, 1.165) is 49.5 Å². The maximum atomic E-state index is 12.6. The number of fused-ring (bicyclic) bond motifs is 1. The Labute approximate surface area is 174 Å². The van der Waals surface area contributed by atoms with Crippen LogP contribution in [0.3, 0.4) is 0 Å². The van der Waals surface area contributed by atoms with E-state index in [-0.39, 0.29) is 4.90 Å². The highest BCUT2D eigenvalue weighted by Crippen LogP contribution is 2.27. The van der Waals surface area contributed by atoms with Crippen molar-refractivity contribution in [2.45, 2.75) is 37.5 Å². The first-order valence-corrected chi connectivity index (χ1v) is 12.0. The molecule has 29 heavy (non-hydrogen) atoms. The predicted molar refractivity (Wildman–Crippen MR) is 111 cm³/mol. The molecule has 0 radical (unpaired) electrons. The van der Waals surface area contributed by atoms with Crippen molar-refractivity contribution in [1.82, 2.24) is 15.2 Å². The van der Waals surface area contributed by atoms with Crippen molar-refractivity contribution in [3.8, 4) is 0 Å².